The summed E-state index contributed by atoms with van der Waals surface area (Å²) in [7, 11) is -4.27. The zero-order valence-corrected chi connectivity index (χ0v) is 34.2. The van der Waals surface area contributed by atoms with Gasteiger partial charge in [0, 0.05) is 19.6 Å². The molecule has 8 nitrogen and oxygen atoms in total. The average molecular weight is 744 g/mol. The summed E-state index contributed by atoms with van der Waals surface area (Å²) in [6.45, 7) is 4.91. The second-order valence-electron chi connectivity index (χ2n) is 14.2. The maximum Gasteiger partial charge on any atom is 0.472 e. The summed E-state index contributed by atoms with van der Waals surface area (Å²) in [6, 6.07) is 0. The third kappa shape index (κ3) is 40.0. The molecule has 0 aromatic carbocycles. The normalized spacial score (nSPS) is 13.7. The van der Waals surface area contributed by atoms with Gasteiger partial charge in [-0.05, 0) is 44.9 Å². The number of phosphoric ester groups is 1. The first-order valence-corrected chi connectivity index (χ1v) is 22.8. The van der Waals surface area contributed by atoms with Gasteiger partial charge in [0.1, 0.15) is 6.10 Å². The van der Waals surface area contributed by atoms with Gasteiger partial charge in [-0.2, -0.15) is 0 Å². The largest absolute Gasteiger partial charge is 0.472 e. The number of phosphoric acid groups is 1. The maximum atomic E-state index is 12.6. The first kappa shape index (κ1) is 50.0. The predicted octanol–water partition coefficient (Wildman–Crippen LogP) is 12.5. The first-order valence-electron chi connectivity index (χ1n) is 21.3. The van der Waals surface area contributed by atoms with Crippen molar-refractivity contribution in [3.05, 3.63) is 24.3 Å². The number of carbonyl (C=O) groups excluding carboxylic acids is 1. The van der Waals surface area contributed by atoms with Crippen molar-refractivity contribution in [2.75, 3.05) is 33.0 Å². The molecule has 0 heterocycles. The molecule has 0 bridgehead atoms. The minimum absolute atomic E-state index is 0.0957. The van der Waals surface area contributed by atoms with E-state index in [9.17, 15) is 14.3 Å². The van der Waals surface area contributed by atoms with Crippen LogP contribution in [0.1, 0.15) is 200 Å². The number of unbranched alkanes of at least 4 members (excludes halogenated alkanes) is 24. The Morgan fingerprint density at radius 3 is 1.55 bits per heavy atom. The molecule has 2 atom stereocenters. The minimum atomic E-state index is -4.27. The fourth-order valence-corrected chi connectivity index (χ4v) is 6.73. The third-order valence-electron chi connectivity index (χ3n) is 9.12. The van der Waals surface area contributed by atoms with Gasteiger partial charge in [-0.1, -0.05) is 173 Å². The van der Waals surface area contributed by atoms with Crippen molar-refractivity contribution >= 4 is 13.8 Å². The molecule has 0 aliphatic heterocycles. The monoisotopic (exact) mass is 744 g/mol. The molecule has 2 unspecified atom stereocenters. The molecule has 0 aromatic heterocycles. The van der Waals surface area contributed by atoms with E-state index in [1.807, 2.05) is 0 Å². The molecular formula is C42H82NO7P. The number of esters is 1. The maximum absolute atomic E-state index is 12.6. The summed E-state index contributed by atoms with van der Waals surface area (Å²) in [5.74, 6) is -0.332. The molecule has 9 heteroatoms. The molecule has 0 radical (unpaired) electrons. The van der Waals surface area contributed by atoms with Crippen LogP contribution < -0.4 is 5.73 Å². The van der Waals surface area contributed by atoms with Crippen LogP contribution in [0, 0.1) is 0 Å². The lowest BCUT2D eigenvalue weighted by Crippen LogP contribution is -2.28. The minimum Gasteiger partial charge on any atom is -0.457 e. The number of rotatable bonds is 41. The van der Waals surface area contributed by atoms with E-state index in [1.165, 1.54) is 135 Å². The van der Waals surface area contributed by atoms with Crippen molar-refractivity contribution in [3.63, 3.8) is 0 Å². The van der Waals surface area contributed by atoms with Crippen LogP contribution in [0.25, 0.3) is 0 Å². The second-order valence-corrected chi connectivity index (χ2v) is 15.7. The van der Waals surface area contributed by atoms with E-state index in [-0.39, 0.29) is 32.3 Å². The summed E-state index contributed by atoms with van der Waals surface area (Å²) in [5, 5.41) is 0. The summed E-state index contributed by atoms with van der Waals surface area (Å²) < 4.78 is 33.4. The Morgan fingerprint density at radius 2 is 1.04 bits per heavy atom. The summed E-state index contributed by atoms with van der Waals surface area (Å²) in [6.07, 6.45) is 43.3. The quantitative estimate of drug-likeness (QED) is 0.0275. The summed E-state index contributed by atoms with van der Waals surface area (Å²) in [4.78, 5) is 22.4. The average Bonchev–Trinajstić information content (AvgIpc) is 3.12. The van der Waals surface area contributed by atoms with Crippen LogP contribution in [0.3, 0.4) is 0 Å². The molecule has 0 aliphatic rings. The van der Waals surface area contributed by atoms with Crippen LogP contribution in [-0.2, 0) is 27.9 Å². The molecule has 3 N–H and O–H groups in total. The van der Waals surface area contributed by atoms with E-state index in [2.05, 4.69) is 38.2 Å². The van der Waals surface area contributed by atoms with Crippen LogP contribution in [0.15, 0.2) is 24.3 Å². The van der Waals surface area contributed by atoms with Gasteiger partial charge in [-0.3, -0.25) is 13.8 Å². The number of carbonyl (C=O) groups is 1. The molecule has 0 saturated carbocycles. The Bertz CT molecular complexity index is 838. The number of hydrogen-bond acceptors (Lipinski definition) is 7. The van der Waals surface area contributed by atoms with E-state index in [1.54, 1.807) is 0 Å². The SMILES string of the molecule is CCCCCC/C=C\C/C=C\CCCCCCCCOCC(COP(=O)(O)OCCN)OC(=O)CCCCCCCCCCCCCCCCC. The highest BCUT2D eigenvalue weighted by Crippen LogP contribution is 2.43. The highest BCUT2D eigenvalue weighted by Gasteiger charge is 2.25. The number of hydrogen-bond donors (Lipinski definition) is 2. The second kappa shape index (κ2) is 40.2. The lowest BCUT2D eigenvalue weighted by atomic mass is 10.0. The van der Waals surface area contributed by atoms with Crippen LogP contribution in [0.5, 0.6) is 0 Å². The summed E-state index contributed by atoms with van der Waals surface area (Å²) >= 11 is 0. The van der Waals surface area contributed by atoms with Crippen molar-refractivity contribution < 1.29 is 32.8 Å². The highest BCUT2D eigenvalue weighted by atomic mass is 31.2. The van der Waals surface area contributed by atoms with Crippen LogP contribution in [0.2, 0.25) is 0 Å². The highest BCUT2D eigenvalue weighted by molar-refractivity contribution is 7.47. The molecule has 51 heavy (non-hydrogen) atoms. The predicted molar refractivity (Wildman–Crippen MR) is 215 cm³/mol. The lowest BCUT2D eigenvalue weighted by Gasteiger charge is -2.20. The molecule has 0 amide bonds. The van der Waals surface area contributed by atoms with Gasteiger partial charge in [-0.25, -0.2) is 4.57 Å². The molecule has 302 valence electrons. The third-order valence-corrected chi connectivity index (χ3v) is 10.1. The number of allylic oxidation sites excluding steroid dienone is 4. The zero-order valence-electron chi connectivity index (χ0n) is 33.3. The van der Waals surface area contributed by atoms with Crippen molar-refractivity contribution in [2.24, 2.45) is 5.73 Å². The smallest absolute Gasteiger partial charge is 0.457 e. The van der Waals surface area contributed by atoms with Crippen molar-refractivity contribution in [2.45, 2.75) is 206 Å². The zero-order chi connectivity index (χ0) is 37.4. The fourth-order valence-electron chi connectivity index (χ4n) is 5.97. The van der Waals surface area contributed by atoms with E-state index < -0.39 is 13.9 Å². The molecule has 0 aromatic rings. The molecule has 0 aliphatic carbocycles. The lowest BCUT2D eigenvalue weighted by molar-refractivity contribution is -0.154. The van der Waals surface area contributed by atoms with E-state index in [0.717, 1.165) is 44.9 Å². The van der Waals surface area contributed by atoms with Gasteiger partial charge in [-0.15, -0.1) is 0 Å². The Kier molecular flexibility index (Phi) is 39.4. The van der Waals surface area contributed by atoms with E-state index >= 15 is 0 Å². The Hall–Kier alpha value is -1.02. The van der Waals surface area contributed by atoms with Gasteiger partial charge in [0.2, 0.25) is 0 Å². The standard InChI is InChI=1S/C42H82NO7P/c1-3-5-7-9-11-13-15-17-19-20-22-24-26-28-30-32-34-37-47-39-41(40-49-51(45,46)48-38-36-43)50-42(44)35-33-31-29-27-25-23-21-18-16-14-12-10-8-6-4-2/h13,15,19-20,41H,3-12,14,16-18,21-40,43H2,1-2H3,(H,45,46)/b15-13-,20-19-. The number of nitrogens with two attached hydrogens (primary N) is 1. The van der Waals surface area contributed by atoms with E-state index in [4.69, 9.17) is 24.3 Å². The molecular weight excluding hydrogens is 661 g/mol. The first-order chi connectivity index (χ1) is 24.9. The van der Waals surface area contributed by atoms with Crippen LogP contribution in [-0.4, -0.2) is 49.9 Å². The van der Waals surface area contributed by atoms with Crippen molar-refractivity contribution in [3.8, 4) is 0 Å². The summed E-state index contributed by atoms with van der Waals surface area (Å²) in [5.41, 5.74) is 5.36. The Morgan fingerprint density at radius 1 is 0.588 bits per heavy atom. The van der Waals surface area contributed by atoms with Gasteiger partial charge in [0.05, 0.1) is 19.8 Å². The van der Waals surface area contributed by atoms with Gasteiger partial charge in [0.15, 0.2) is 0 Å². The van der Waals surface area contributed by atoms with E-state index in [0.29, 0.717) is 13.0 Å². The number of ether oxygens (including phenoxy) is 2. The fraction of sp³-hybridized carbons (Fsp3) is 0.881. The van der Waals surface area contributed by atoms with Gasteiger partial charge in [0.25, 0.3) is 0 Å². The molecule has 0 fully saturated rings. The Balaban J connectivity index is 4.04. The molecule has 0 saturated heterocycles. The van der Waals surface area contributed by atoms with Gasteiger partial charge < -0.3 is 20.1 Å². The topological polar surface area (TPSA) is 117 Å². The van der Waals surface area contributed by atoms with Crippen molar-refractivity contribution in [1.29, 1.82) is 0 Å². The van der Waals surface area contributed by atoms with Crippen LogP contribution in [0.4, 0.5) is 0 Å². The Labute approximate surface area is 315 Å². The van der Waals surface area contributed by atoms with Crippen LogP contribution >= 0.6 is 7.82 Å². The van der Waals surface area contributed by atoms with Gasteiger partial charge >= 0.3 is 13.8 Å². The molecule has 0 rings (SSSR count). The van der Waals surface area contributed by atoms with Crippen molar-refractivity contribution in [1.82, 2.24) is 0 Å². The molecule has 0 spiro atoms.